The lowest BCUT2D eigenvalue weighted by Crippen LogP contribution is -2.48. The van der Waals surface area contributed by atoms with Crippen LogP contribution in [0.15, 0.2) is 0 Å². The number of hydrogen-bond acceptors (Lipinski definition) is 3. The average molecular weight is 228 g/mol. The third-order valence-corrected chi connectivity index (χ3v) is 2.55. The third-order valence-electron chi connectivity index (χ3n) is 2.55. The lowest BCUT2D eigenvalue weighted by molar-refractivity contribution is 0.0560. The van der Waals surface area contributed by atoms with E-state index in [4.69, 9.17) is 4.74 Å². The first-order valence-corrected chi connectivity index (χ1v) is 6.01. The van der Waals surface area contributed by atoms with Crippen LogP contribution in [0.4, 0.5) is 4.79 Å². The zero-order valence-electron chi connectivity index (χ0n) is 11.0. The topological polar surface area (TPSA) is 50.4 Å². The molecule has 0 aromatic carbocycles. The van der Waals surface area contributed by atoms with Crippen molar-refractivity contribution in [3.63, 3.8) is 0 Å². The van der Waals surface area contributed by atoms with Gasteiger partial charge in [0, 0.05) is 17.6 Å². The Morgan fingerprint density at radius 2 is 1.75 bits per heavy atom. The second-order valence-electron chi connectivity index (χ2n) is 5.84. The van der Waals surface area contributed by atoms with Gasteiger partial charge in [0.05, 0.1) is 0 Å². The molecule has 0 aromatic rings. The van der Waals surface area contributed by atoms with E-state index < -0.39 is 0 Å². The highest BCUT2D eigenvalue weighted by Gasteiger charge is 2.27. The largest absolute Gasteiger partial charge is 0.446 e. The minimum Gasteiger partial charge on any atom is -0.446 e. The first kappa shape index (κ1) is 13.3. The van der Waals surface area contributed by atoms with E-state index in [1.54, 1.807) is 0 Å². The van der Waals surface area contributed by atoms with Crippen molar-refractivity contribution >= 4 is 6.09 Å². The molecule has 0 bridgehead atoms. The fraction of sp³-hybridized carbons (Fsp3) is 0.917. The maximum absolute atomic E-state index is 11.6. The molecule has 0 aromatic heterocycles. The molecular weight excluding hydrogens is 204 g/mol. The first-order valence-electron chi connectivity index (χ1n) is 6.01. The van der Waals surface area contributed by atoms with Crippen molar-refractivity contribution in [1.29, 1.82) is 0 Å². The first-order chi connectivity index (χ1) is 7.26. The van der Waals surface area contributed by atoms with Crippen LogP contribution in [0.5, 0.6) is 0 Å². The van der Waals surface area contributed by atoms with Crippen molar-refractivity contribution in [3.05, 3.63) is 0 Å². The summed E-state index contributed by atoms with van der Waals surface area (Å²) in [7, 11) is 0. The molecule has 4 nitrogen and oxygen atoms in total. The number of hydrogen-bond donors (Lipinski definition) is 2. The summed E-state index contributed by atoms with van der Waals surface area (Å²) in [5.74, 6) is 0. The van der Waals surface area contributed by atoms with Crippen LogP contribution in [0, 0.1) is 0 Å². The molecule has 2 atom stereocenters. The zero-order valence-corrected chi connectivity index (χ0v) is 11.0. The van der Waals surface area contributed by atoms with Crippen LogP contribution < -0.4 is 10.6 Å². The molecular formula is C12H24N2O2. The Morgan fingerprint density at radius 3 is 2.19 bits per heavy atom. The molecule has 1 heterocycles. The molecule has 94 valence electrons. The maximum atomic E-state index is 11.6. The average Bonchev–Trinajstić information content (AvgIpc) is 1.96. The second kappa shape index (κ2) is 5.04. The predicted octanol–water partition coefficient (Wildman–Crippen LogP) is 2.04. The Hall–Kier alpha value is -0.770. The van der Waals surface area contributed by atoms with Gasteiger partial charge in [-0.3, -0.25) is 0 Å². The fourth-order valence-corrected chi connectivity index (χ4v) is 2.09. The molecule has 1 saturated heterocycles. The minimum absolute atomic E-state index is 0.0357. The van der Waals surface area contributed by atoms with Gasteiger partial charge in [0.25, 0.3) is 0 Å². The normalized spacial score (nSPS) is 30.9. The van der Waals surface area contributed by atoms with E-state index in [0.717, 1.165) is 12.8 Å². The van der Waals surface area contributed by atoms with Crippen molar-refractivity contribution in [2.45, 2.75) is 71.2 Å². The van der Waals surface area contributed by atoms with Crippen LogP contribution in [0.25, 0.3) is 0 Å². The van der Waals surface area contributed by atoms with Gasteiger partial charge >= 0.3 is 6.09 Å². The van der Waals surface area contributed by atoms with E-state index >= 15 is 0 Å². The van der Waals surface area contributed by atoms with E-state index in [-0.39, 0.29) is 17.7 Å². The molecule has 0 saturated carbocycles. The number of amides is 1. The van der Waals surface area contributed by atoms with Crippen LogP contribution in [-0.2, 0) is 4.74 Å². The van der Waals surface area contributed by atoms with Crippen LogP contribution in [0.3, 0.4) is 0 Å². The van der Waals surface area contributed by atoms with E-state index in [1.165, 1.54) is 0 Å². The molecule has 1 aliphatic heterocycles. The van der Waals surface area contributed by atoms with Crippen LogP contribution >= 0.6 is 0 Å². The lowest BCUT2D eigenvalue weighted by Gasteiger charge is -2.33. The van der Waals surface area contributed by atoms with Gasteiger partial charge in [-0.15, -0.1) is 0 Å². The summed E-state index contributed by atoms with van der Waals surface area (Å²) in [5.41, 5.74) is -0.235. The highest BCUT2D eigenvalue weighted by molar-refractivity contribution is 5.68. The Labute approximate surface area is 98.1 Å². The molecule has 0 aliphatic carbocycles. The summed E-state index contributed by atoms with van der Waals surface area (Å²) in [6, 6.07) is 0.826. The Bertz CT molecular complexity index is 238. The van der Waals surface area contributed by atoms with E-state index in [9.17, 15) is 4.79 Å². The van der Waals surface area contributed by atoms with Crippen molar-refractivity contribution in [1.82, 2.24) is 10.6 Å². The molecule has 4 heteroatoms. The van der Waals surface area contributed by atoms with E-state index in [2.05, 4.69) is 24.5 Å². The Morgan fingerprint density at radius 1 is 1.25 bits per heavy atom. The Kier molecular flexibility index (Phi) is 4.19. The lowest BCUT2D eigenvalue weighted by atomic mass is 9.98. The third kappa shape index (κ3) is 4.84. The van der Waals surface area contributed by atoms with Crippen molar-refractivity contribution in [2.24, 2.45) is 0 Å². The van der Waals surface area contributed by atoms with Crippen LogP contribution in [0.1, 0.15) is 47.5 Å². The second-order valence-corrected chi connectivity index (χ2v) is 5.84. The van der Waals surface area contributed by atoms with Crippen LogP contribution in [-0.4, -0.2) is 29.8 Å². The van der Waals surface area contributed by atoms with Gasteiger partial charge in [0.2, 0.25) is 0 Å². The number of carbonyl (C=O) groups excluding carboxylic acids is 1. The molecule has 1 aliphatic rings. The molecule has 0 spiro atoms. The summed E-state index contributed by atoms with van der Waals surface area (Å²) in [5, 5.41) is 6.23. The van der Waals surface area contributed by atoms with Gasteiger partial charge in [-0.25, -0.2) is 4.79 Å². The molecule has 2 N–H and O–H groups in total. The predicted molar refractivity (Wildman–Crippen MR) is 64.5 cm³/mol. The molecule has 0 radical (unpaired) electrons. The highest BCUT2D eigenvalue weighted by atomic mass is 16.6. The zero-order chi connectivity index (χ0) is 12.3. The number of ether oxygens (including phenoxy) is 1. The van der Waals surface area contributed by atoms with Gasteiger partial charge in [0.15, 0.2) is 0 Å². The van der Waals surface area contributed by atoms with Gasteiger partial charge < -0.3 is 15.4 Å². The minimum atomic E-state index is -0.307. The number of nitrogens with one attached hydrogen (secondary N) is 2. The van der Waals surface area contributed by atoms with Crippen molar-refractivity contribution in [2.75, 3.05) is 0 Å². The number of carbonyl (C=O) groups is 1. The smallest absolute Gasteiger partial charge is 0.407 e. The fourth-order valence-electron chi connectivity index (χ4n) is 2.09. The van der Waals surface area contributed by atoms with E-state index in [0.29, 0.717) is 12.1 Å². The quantitative estimate of drug-likeness (QED) is 0.722. The summed E-state index contributed by atoms with van der Waals surface area (Å²) < 4.78 is 5.42. The van der Waals surface area contributed by atoms with Crippen LogP contribution in [0.2, 0.25) is 0 Å². The van der Waals surface area contributed by atoms with Gasteiger partial charge in [-0.1, -0.05) is 0 Å². The number of alkyl carbamates (subject to hydrolysis) is 1. The maximum Gasteiger partial charge on any atom is 0.407 e. The van der Waals surface area contributed by atoms with Gasteiger partial charge in [-0.05, 0) is 47.5 Å². The van der Waals surface area contributed by atoms with Gasteiger partial charge in [0.1, 0.15) is 6.10 Å². The SMILES string of the molecule is CC1CC(OC(=O)NC(C)(C)C)CC(C)N1. The van der Waals surface area contributed by atoms with Gasteiger partial charge in [-0.2, -0.15) is 0 Å². The monoisotopic (exact) mass is 228 g/mol. The molecule has 1 rings (SSSR count). The number of rotatable bonds is 1. The number of piperidine rings is 1. The standard InChI is InChI=1S/C12H24N2O2/c1-8-6-10(7-9(2)13-8)16-11(15)14-12(3,4)5/h8-10,13H,6-7H2,1-5H3,(H,14,15). The molecule has 16 heavy (non-hydrogen) atoms. The summed E-state index contributed by atoms with van der Waals surface area (Å²) in [4.78, 5) is 11.6. The van der Waals surface area contributed by atoms with Crippen molar-refractivity contribution < 1.29 is 9.53 Å². The molecule has 2 unspecified atom stereocenters. The molecule has 1 fully saturated rings. The van der Waals surface area contributed by atoms with Crippen molar-refractivity contribution in [3.8, 4) is 0 Å². The highest BCUT2D eigenvalue weighted by Crippen LogP contribution is 2.17. The van der Waals surface area contributed by atoms with E-state index in [1.807, 2.05) is 20.8 Å². The summed E-state index contributed by atoms with van der Waals surface area (Å²) in [6.07, 6.45) is 1.51. The Balaban J connectivity index is 2.39. The summed E-state index contributed by atoms with van der Waals surface area (Å²) >= 11 is 0. The summed E-state index contributed by atoms with van der Waals surface area (Å²) in [6.45, 7) is 10.1. The molecule has 1 amide bonds.